The van der Waals surface area contributed by atoms with Gasteiger partial charge in [-0.2, -0.15) is 0 Å². The van der Waals surface area contributed by atoms with Gasteiger partial charge in [0.05, 0.1) is 0 Å². The number of ether oxygens (including phenoxy) is 2. The van der Waals surface area contributed by atoms with Crippen molar-refractivity contribution in [1.82, 2.24) is 15.0 Å². The van der Waals surface area contributed by atoms with E-state index < -0.39 is 8.07 Å². The van der Waals surface area contributed by atoms with Gasteiger partial charge in [0, 0.05) is 32.8 Å². The summed E-state index contributed by atoms with van der Waals surface area (Å²) in [5.74, 6) is 4.42. The maximum Gasteiger partial charge on any atom is 0.179 e. The summed E-state index contributed by atoms with van der Waals surface area (Å²) >= 11 is 7.11. The summed E-state index contributed by atoms with van der Waals surface area (Å²) in [6, 6.07) is 78.4. The van der Waals surface area contributed by atoms with Crippen molar-refractivity contribution < 1.29 is 9.47 Å². The molecule has 10 aromatic rings. The van der Waals surface area contributed by atoms with Crippen molar-refractivity contribution in [3.8, 4) is 79.4 Å². The van der Waals surface area contributed by atoms with Gasteiger partial charge in [-0.3, -0.25) is 0 Å². The first kappa shape index (κ1) is 42.7. The molecule has 9 aromatic carbocycles. The number of halogens is 1. The number of fused-ring (bicyclic) bond motifs is 2. The smallest absolute Gasteiger partial charge is 0.179 e. The van der Waals surface area contributed by atoms with Crippen LogP contribution >= 0.6 is 11.6 Å². The van der Waals surface area contributed by atoms with E-state index in [0.29, 0.717) is 45.5 Å². The Bertz CT molecular complexity index is 3380. The molecule has 0 fully saturated rings. The zero-order chi connectivity index (χ0) is 46.2. The van der Waals surface area contributed by atoms with E-state index in [1.54, 1.807) is 0 Å². The summed E-state index contributed by atoms with van der Waals surface area (Å²) in [7, 11) is -2.77. The maximum atomic E-state index is 7.11. The van der Waals surface area contributed by atoms with E-state index in [1.807, 2.05) is 97.1 Å². The lowest BCUT2D eigenvalue weighted by Gasteiger charge is -2.35. The third-order valence-corrected chi connectivity index (χ3v) is 18.0. The Morgan fingerprint density at radius 3 is 1.38 bits per heavy atom. The van der Waals surface area contributed by atoms with Crippen LogP contribution < -0.4 is 30.2 Å². The van der Waals surface area contributed by atoms with Gasteiger partial charge in [-0.15, -0.1) is 0 Å². The molecule has 0 aliphatic carbocycles. The minimum Gasteiger partial charge on any atom is -0.449 e. The lowest BCUT2D eigenvalue weighted by molar-refractivity contribution is 0.361. The monoisotopic (exact) mass is 915 g/mol. The average molecular weight is 917 g/mol. The highest BCUT2D eigenvalue weighted by molar-refractivity contribution is 7.19. The fraction of sp³-hybridized carbons (Fsp3) is 0.0656. The van der Waals surface area contributed by atoms with Gasteiger partial charge < -0.3 is 9.47 Å². The average Bonchev–Trinajstić information content (AvgIpc) is 3.39. The predicted molar refractivity (Wildman–Crippen MR) is 281 cm³/mol. The third-order valence-electron chi connectivity index (χ3n) is 12.8. The number of rotatable bonds is 9. The predicted octanol–water partition coefficient (Wildman–Crippen LogP) is 13.4. The van der Waals surface area contributed by atoms with Crippen molar-refractivity contribution in [2.45, 2.75) is 26.2 Å². The minimum atomic E-state index is -2.77. The SMILES string of the molecule is CC(C)(C)c1ccc([Si](c2ccccc2)(c2ccccc2)c2ccc(-c3cc(-c4nc(-c5ccccc5)nc(-c5ccc(-c6cccc7c6Oc6ccccc6O7)cc5)n4)ccc3Cl)cc2)cc1. The molecule has 1 aliphatic heterocycles. The number of hydrogen-bond donors (Lipinski definition) is 0. The van der Waals surface area contributed by atoms with Crippen LogP contribution in [0.15, 0.2) is 224 Å². The number of aromatic nitrogens is 3. The molecule has 68 heavy (non-hydrogen) atoms. The number of benzene rings is 9. The Kier molecular flexibility index (Phi) is 11.1. The highest BCUT2D eigenvalue weighted by Gasteiger charge is 2.41. The standard InChI is InChI=1S/C61H46ClN3O2Si/c1-61(2,3)46-33-37-50(38-34-46)68(47-18-9-5-10-19-47,48-20-11-6-12-21-48)49-35-30-42(31-36-49)52-40-45(32-39-53(52)62)60-64-58(43-16-7-4-8-17-43)63-59(65-60)44-28-26-41(27-29-44)51-22-15-25-56-57(51)67-55-24-14-13-23-54(55)66-56/h4-40H,1-3H3. The first-order valence-corrected chi connectivity index (χ1v) is 25.2. The molecule has 11 rings (SSSR count). The Morgan fingerprint density at radius 1 is 0.368 bits per heavy atom. The largest absolute Gasteiger partial charge is 0.449 e. The summed E-state index contributed by atoms with van der Waals surface area (Å²) in [5, 5.41) is 5.91. The van der Waals surface area contributed by atoms with Gasteiger partial charge in [-0.25, -0.2) is 15.0 Å². The first-order chi connectivity index (χ1) is 33.2. The molecule has 0 atom stereocenters. The molecule has 0 amide bonds. The van der Waals surface area contributed by atoms with Crippen LogP contribution in [0.25, 0.3) is 56.4 Å². The van der Waals surface area contributed by atoms with E-state index in [9.17, 15) is 0 Å². The molecule has 7 heteroatoms. The van der Waals surface area contributed by atoms with Gasteiger partial charge in [-0.1, -0.05) is 220 Å². The van der Waals surface area contributed by atoms with Crippen molar-refractivity contribution in [3.05, 3.63) is 235 Å². The summed E-state index contributed by atoms with van der Waals surface area (Å²) < 4.78 is 12.6. The third kappa shape index (κ3) is 7.98. The fourth-order valence-corrected chi connectivity index (χ4v) is 14.3. The molecule has 0 unspecified atom stereocenters. The van der Waals surface area contributed by atoms with E-state index in [1.165, 1.54) is 26.3 Å². The van der Waals surface area contributed by atoms with Crippen LogP contribution in [-0.2, 0) is 5.41 Å². The second kappa shape index (κ2) is 17.7. The van der Waals surface area contributed by atoms with Crippen molar-refractivity contribution in [1.29, 1.82) is 0 Å². The maximum absolute atomic E-state index is 7.11. The normalized spacial score (nSPS) is 12.1. The van der Waals surface area contributed by atoms with E-state index >= 15 is 0 Å². The number of hydrogen-bond acceptors (Lipinski definition) is 5. The number of para-hydroxylation sites is 3. The lowest BCUT2D eigenvalue weighted by atomic mass is 9.87. The van der Waals surface area contributed by atoms with Gasteiger partial charge in [0.1, 0.15) is 0 Å². The molecule has 0 spiro atoms. The van der Waals surface area contributed by atoms with E-state index in [2.05, 4.69) is 148 Å². The van der Waals surface area contributed by atoms with Gasteiger partial charge in [0.15, 0.2) is 48.5 Å². The van der Waals surface area contributed by atoms with E-state index in [0.717, 1.165) is 38.9 Å². The van der Waals surface area contributed by atoms with Gasteiger partial charge in [0.2, 0.25) is 0 Å². The zero-order valence-corrected chi connectivity index (χ0v) is 39.7. The van der Waals surface area contributed by atoms with Gasteiger partial charge in [0.25, 0.3) is 0 Å². The molecule has 1 aromatic heterocycles. The molecule has 0 saturated carbocycles. The summed E-state index contributed by atoms with van der Waals surface area (Å²) in [4.78, 5) is 15.2. The van der Waals surface area contributed by atoms with Crippen LogP contribution in [0.4, 0.5) is 0 Å². The summed E-state index contributed by atoms with van der Waals surface area (Å²) in [5.41, 5.74) is 7.73. The van der Waals surface area contributed by atoms with Crippen LogP contribution in [0.2, 0.25) is 5.02 Å². The molecule has 1 aliphatic rings. The Labute approximate surface area is 403 Å². The first-order valence-electron chi connectivity index (χ1n) is 22.9. The highest BCUT2D eigenvalue weighted by Crippen LogP contribution is 2.49. The topological polar surface area (TPSA) is 57.1 Å². The van der Waals surface area contributed by atoms with Crippen molar-refractivity contribution in [3.63, 3.8) is 0 Å². The molecule has 0 radical (unpaired) electrons. The van der Waals surface area contributed by atoms with Crippen LogP contribution in [0.1, 0.15) is 26.3 Å². The minimum absolute atomic E-state index is 0.0407. The van der Waals surface area contributed by atoms with Gasteiger partial charge >= 0.3 is 0 Å². The number of nitrogens with zero attached hydrogens (tertiary/aromatic N) is 3. The van der Waals surface area contributed by atoms with Crippen LogP contribution in [0, 0.1) is 0 Å². The molecule has 328 valence electrons. The summed E-state index contributed by atoms with van der Waals surface area (Å²) in [6.07, 6.45) is 0. The van der Waals surface area contributed by atoms with Crippen LogP contribution in [0.3, 0.4) is 0 Å². The van der Waals surface area contributed by atoms with Crippen molar-refractivity contribution in [2.24, 2.45) is 0 Å². The molecular formula is C61H46ClN3O2Si. The quantitative estimate of drug-likeness (QED) is 0.107. The second-order valence-corrected chi connectivity index (χ2v) is 22.3. The molecule has 2 heterocycles. The van der Waals surface area contributed by atoms with E-state index in [-0.39, 0.29) is 5.41 Å². The summed E-state index contributed by atoms with van der Waals surface area (Å²) in [6.45, 7) is 6.80. The lowest BCUT2D eigenvalue weighted by Crippen LogP contribution is -2.74. The van der Waals surface area contributed by atoms with Crippen molar-refractivity contribution in [2.75, 3.05) is 0 Å². The molecule has 5 nitrogen and oxygen atoms in total. The molecule has 0 N–H and O–H groups in total. The van der Waals surface area contributed by atoms with E-state index in [4.69, 9.17) is 36.0 Å². The molecular weight excluding hydrogens is 870 g/mol. The van der Waals surface area contributed by atoms with Gasteiger partial charge in [-0.05, 0) is 79.3 Å². The fourth-order valence-electron chi connectivity index (χ4n) is 9.31. The Morgan fingerprint density at radius 2 is 0.794 bits per heavy atom. The zero-order valence-electron chi connectivity index (χ0n) is 37.9. The Hall–Kier alpha value is -7.90. The highest BCUT2D eigenvalue weighted by atomic mass is 35.5. The molecule has 0 bridgehead atoms. The van der Waals surface area contributed by atoms with Crippen LogP contribution in [0.5, 0.6) is 23.0 Å². The Balaban J connectivity index is 0.975. The second-order valence-electron chi connectivity index (χ2n) is 18.1. The molecule has 0 saturated heterocycles. The van der Waals surface area contributed by atoms with Crippen molar-refractivity contribution >= 4 is 40.4 Å². The van der Waals surface area contributed by atoms with Crippen LogP contribution in [-0.4, -0.2) is 23.0 Å².